The van der Waals surface area contributed by atoms with E-state index < -0.39 is 11.9 Å². The summed E-state index contributed by atoms with van der Waals surface area (Å²) in [5.74, 6) is -2.96. The number of carbonyl (C=O) groups is 2. The first kappa shape index (κ1) is 11.3. The first-order valence-electron chi connectivity index (χ1n) is 4.67. The number of hydrogen-bond donors (Lipinski definition) is 0. The lowest BCUT2D eigenvalue weighted by molar-refractivity contribution is -0.260. The molecule has 15 heavy (non-hydrogen) atoms. The molecule has 1 aromatic rings. The maximum Gasteiger partial charge on any atom is 0.0887 e. The van der Waals surface area contributed by atoms with Crippen molar-refractivity contribution in [1.29, 1.82) is 0 Å². The van der Waals surface area contributed by atoms with Gasteiger partial charge in [-0.2, -0.15) is 0 Å². The average molecular weight is 209 g/mol. The number of carbonyl (C=O) groups excluding carboxylic acids is 2. The van der Waals surface area contributed by atoms with E-state index in [9.17, 15) is 19.8 Å². The van der Waals surface area contributed by atoms with E-state index in [-0.39, 0.29) is 11.3 Å². The van der Waals surface area contributed by atoms with Crippen molar-refractivity contribution in [1.82, 2.24) is 4.57 Å². The Morgan fingerprint density at radius 2 is 1.87 bits per heavy atom. The second-order valence-corrected chi connectivity index (χ2v) is 3.09. The van der Waals surface area contributed by atoms with E-state index in [4.69, 9.17) is 0 Å². The molecule has 0 atom stereocenters. The summed E-state index contributed by atoms with van der Waals surface area (Å²) in [4.78, 5) is 21.6. The summed E-state index contributed by atoms with van der Waals surface area (Å²) < 4.78 is 1.35. The van der Waals surface area contributed by atoms with E-state index in [0.717, 1.165) is 0 Å². The third-order valence-corrected chi connectivity index (χ3v) is 2.28. The monoisotopic (exact) mass is 209 g/mol. The number of aryl methyl sites for hydroxylation is 2. The minimum Gasteiger partial charge on any atom is -0.545 e. The number of hydrogen-bond acceptors (Lipinski definition) is 4. The molecule has 0 aromatic carbocycles. The van der Waals surface area contributed by atoms with Crippen molar-refractivity contribution in [3.05, 3.63) is 23.0 Å². The maximum absolute atomic E-state index is 10.8. The molecule has 0 fully saturated rings. The van der Waals surface area contributed by atoms with E-state index in [1.165, 1.54) is 10.8 Å². The van der Waals surface area contributed by atoms with Gasteiger partial charge in [0.15, 0.2) is 0 Å². The summed E-state index contributed by atoms with van der Waals surface area (Å²) in [6, 6.07) is 0. The van der Waals surface area contributed by atoms with E-state index >= 15 is 0 Å². The summed E-state index contributed by atoms with van der Waals surface area (Å²) in [5, 5.41) is 21.6. The van der Waals surface area contributed by atoms with Crippen LogP contribution in [-0.4, -0.2) is 16.5 Å². The number of rotatable bonds is 4. The van der Waals surface area contributed by atoms with Gasteiger partial charge in [0, 0.05) is 18.3 Å². The van der Waals surface area contributed by atoms with Gasteiger partial charge in [-0.1, -0.05) is 6.92 Å². The van der Waals surface area contributed by atoms with Gasteiger partial charge in [-0.3, -0.25) is 0 Å². The lowest BCUT2D eigenvalue weighted by atomic mass is 10.1. The Balaban J connectivity index is 3.48. The van der Waals surface area contributed by atoms with E-state index in [2.05, 4.69) is 0 Å². The zero-order valence-corrected chi connectivity index (χ0v) is 8.57. The highest BCUT2D eigenvalue weighted by atomic mass is 16.4. The van der Waals surface area contributed by atoms with Crippen LogP contribution in [0.25, 0.3) is 0 Å². The number of carboxylic acid groups (broad SMARTS) is 2. The molecule has 0 aliphatic heterocycles. The minimum atomic E-state index is -1.49. The molecule has 1 aromatic heterocycles. The molecule has 0 unspecified atom stereocenters. The number of aromatic carboxylic acids is 2. The number of carboxylic acids is 2. The summed E-state index contributed by atoms with van der Waals surface area (Å²) >= 11 is 0. The lowest BCUT2D eigenvalue weighted by Crippen LogP contribution is -2.31. The number of nitrogens with zero attached hydrogens (tertiary/aromatic N) is 1. The summed E-state index contributed by atoms with van der Waals surface area (Å²) in [6.07, 6.45) is 1.95. The first-order valence-corrected chi connectivity index (χ1v) is 4.67. The molecule has 0 aliphatic carbocycles. The van der Waals surface area contributed by atoms with Crippen molar-refractivity contribution in [2.24, 2.45) is 0 Å². The second kappa shape index (κ2) is 4.16. The van der Waals surface area contributed by atoms with Crippen molar-refractivity contribution < 1.29 is 19.8 Å². The van der Waals surface area contributed by atoms with Crippen LogP contribution in [0.15, 0.2) is 6.20 Å². The fraction of sp³-hybridized carbons (Fsp3) is 0.400. The molecule has 1 rings (SSSR count). The SMILES string of the molecule is CCc1cn(CC)c(C(=O)[O-])c1C(=O)[O-]. The molecule has 0 radical (unpaired) electrons. The van der Waals surface area contributed by atoms with Gasteiger partial charge in [-0.15, -0.1) is 0 Å². The number of aromatic nitrogens is 1. The van der Waals surface area contributed by atoms with Crippen LogP contribution in [0, 0.1) is 0 Å². The van der Waals surface area contributed by atoms with Crippen LogP contribution in [0.5, 0.6) is 0 Å². The predicted octanol–water partition coefficient (Wildman–Crippen LogP) is -1.20. The Kier molecular flexibility index (Phi) is 3.14. The Labute approximate surface area is 87.0 Å². The van der Waals surface area contributed by atoms with Crippen molar-refractivity contribution in [2.45, 2.75) is 26.8 Å². The van der Waals surface area contributed by atoms with Crippen molar-refractivity contribution in [3.8, 4) is 0 Å². The van der Waals surface area contributed by atoms with Crippen LogP contribution in [0.3, 0.4) is 0 Å². The Morgan fingerprint density at radius 3 is 2.20 bits per heavy atom. The Bertz CT molecular complexity index is 369. The molecule has 5 heteroatoms. The fourth-order valence-electron chi connectivity index (χ4n) is 1.58. The minimum absolute atomic E-state index is 0.264. The Hall–Kier alpha value is -1.78. The molecule has 82 valence electrons. The molecule has 0 amide bonds. The fourth-order valence-corrected chi connectivity index (χ4v) is 1.58. The molecular formula is C10H11NO4-2. The van der Waals surface area contributed by atoms with Crippen LogP contribution < -0.4 is 10.2 Å². The zero-order chi connectivity index (χ0) is 11.6. The van der Waals surface area contributed by atoms with E-state index in [0.29, 0.717) is 18.5 Å². The third kappa shape index (κ3) is 1.86. The van der Waals surface area contributed by atoms with E-state index in [1.54, 1.807) is 13.8 Å². The normalized spacial score (nSPS) is 10.3. The van der Waals surface area contributed by atoms with Crippen molar-refractivity contribution >= 4 is 11.9 Å². The molecule has 0 N–H and O–H groups in total. The first-order chi connectivity index (χ1) is 7.02. The predicted molar refractivity (Wildman–Crippen MR) is 48.1 cm³/mol. The van der Waals surface area contributed by atoms with Gasteiger partial charge in [0.1, 0.15) is 0 Å². The van der Waals surface area contributed by atoms with Gasteiger partial charge in [0.2, 0.25) is 0 Å². The molecular weight excluding hydrogens is 198 g/mol. The lowest BCUT2D eigenvalue weighted by Gasteiger charge is -2.11. The van der Waals surface area contributed by atoms with Crippen LogP contribution in [0.2, 0.25) is 0 Å². The standard InChI is InChI=1S/C10H13NO4/c1-3-6-5-11(4-2)8(10(14)15)7(6)9(12)13/h5H,3-4H2,1-2H3,(H,12,13)(H,14,15)/p-2. The molecule has 0 aliphatic rings. The highest BCUT2D eigenvalue weighted by Gasteiger charge is 2.15. The maximum atomic E-state index is 10.8. The van der Waals surface area contributed by atoms with Gasteiger partial charge < -0.3 is 24.4 Å². The van der Waals surface area contributed by atoms with Gasteiger partial charge in [-0.05, 0) is 18.9 Å². The molecule has 0 bridgehead atoms. The quantitative estimate of drug-likeness (QED) is 0.623. The van der Waals surface area contributed by atoms with Gasteiger partial charge >= 0.3 is 0 Å². The van der Waals surface area contributed by atoms with E-state index in [1.807, 2.05) is 0 Å². The largest absolute Gasteiger partial charge is 0.545 e. The van der Waals surface area contributed by atoms with Gasteiger partial charge in [0.05, 0.1) is 17.6 Å². The third-order valence-electron chi connectivity index (χ3n) is 2.28. The summed E-state index contributed by atoms with van der Waals surface area (Å²) in [6.45, 7) is 3.86. The summed E-state index contributed by atoms with van der Waals surface area (Å²) in [7, 11) is 0. The highest BCUT2D eigenvalue weighted by Crippen LogP contribution is 2.17. The van der Waals surface area contributed by atoms with Gasteiger partial charge in [-0.25, -0.2) is 0 Å². The topological polar surface area (TPSA) is 85.2 Å². The van der Waals surface area contributed by atoms with Crippen molar-refractivity contribution in [3.63, 3.8) is 0 Å². The second-order valence-electron chi connectivity index (χ2n) is 3.09. The Morgan fingerprint density at radius 1 is 1.27 bits per heavy atom. The van der Waals surface area contributed by atoms with Crippen LogP contribution in [0.4, 0.5) is 0 Å². The molecule has 1 heterocycles. The molecule has 0 spiro atoms. The smallest absolute Gasteiger partial charge is 0.0887 e. The van der Waals surface area contributed by atoms with Crippen LogP contribution in [0.1, 0.15) is 40.3 Å². The van der Waals surface area contributed by atoms with Crippen molar-refractivity contribution in [2.75, 3.05) is 0 Å². The average Bonchev–Trinajstić information content (AvgIpc) is 2.55. The molecule has 5 nitrogen and oxygen atoms in total. The molecule has 0 saturated carbocycles. The zero-order valence-electron chi connectivity index (χ0n) is 8.57. The summed E-state index contributed by atoms with van der Waals surface area (Å²) in [5.41, 5.74) is -0.121. The van der Waals surface area contributed by atoms with Crippen LogP contribution in [-0.2, 0) is 13.0 Å². The van der Waals surface area contributed by atoms with Gasteiger partial charge in [0.25, 0.3) is 0 Å². The van der Waals surface area contributed by atoms with Crippen LogP contribution >= 0.6 is 0 Å². The highest BCUT2D eigenvalue weighted by molar-refractivity contribution is 6.00. The molecule has 0 saturated heterocycles.